The van der Waals surface area contributed by atoms with Gasteiger partial charge in [0, 0.05) is 6.42 Å². The number of benzene rings is 3. The minimum atomic E-state index is -1.34. The van der Waals surface area contributed by atoms with E-state index in [1.54, 1.807) is 31.2 Å². The summed E-state index contributed by atoms with van der Waals surface area (Å²) in [5, 5.41) is 2.04. The summed E-state index contributed by atoms with van der Waals surface area (Å²) in [6, 6.07) is 20.4. The van der Waals surface area contributed by atoms with E-state index in [1.165, 1.54) is 0 Å². The molecule has 25 heavy (non-hydrogen) atoms. The van der Waals surface area contributed by atoms with E-state index in [4.69, 9.17) is 9.47 Å². The van der Waals surface area contributed by atoms with Gasteiger partial charge in [-0.25, -0.2) is 9.59 Å². The van der Waals surface area contributed by atoms with Crippen LogP contribution in [0.5, 0.6) is 5.75 Å². The van der Waals surface area contributed by atoms with E-state index in [0.29, 0.717) is 17.7 Å². The first-order chi connectivity index (χ1) is 12.0. The summed E-state index contributed by atoms with van der Waals surface area (Å²) in [6.45, 7) is 1.59. The molecule has 1 unspecified atom stereocenters. The van der Waals surface area contributed by atoms with Crippen molar-refractivity contribution in [2.75, 3.05) is 0 Å². The maximum Gasteiger partial charge on any atom is 0.356 e. The van der Waals surface area contributed by atoms with Crippen molar-refractivity contribution >= 4 is 22.7 Å². The summed E-state index contributed by atoms with van der Waals surface area (Å²) in [6.07, 6.45) is 0.293. The molecule has 0 spiro atoms. The number of hydrogen-bond donors (Lipinski definition) is 0. The molecule has 0 bridgehead atoms. The number of carbonyl (C=O) groups is 2. The zero-order valence-electron chi connectivity index (χ0n) is 13.7. The van der Waals surface area contributed by atoms with Crippen LogP contribution >= 0.6 is 0 Å². The van der Waals surface area contributed by atoms with E-state index in [9.17, 15) is 9.59 Å². The Hall–Kier alpha value is -3.14. The van der Waals surface area contributed by atoms with Crippen LogP contribution in [0.25, 0.3) is 10.8 Å². The van der Waals surface area contributed by atoms with E-state index in [2.05, 4.69) is 0 Å². The highest BCUT2D eigenvalue weighted by atomic mass is 16.6. The molecule has 0 N–H and O–H groups in total. The second-order valence-electron chi connectivity index (χ2n) is 6.35. The van der Waals surface area contributed by atoms with Gasteiger partial charge in [-0.2, -0.15) is 0 Å². The van der Waals surface area contributed by atoms with E-state index < -0.39 is 17.5 Å². The fraction of sp³-hybridized carbons (Fsp3) is 0.143. The Balaban J connectivity index is 1.61. The van der Waals surface area contributed by atoms with Crippen LogP contribution < -0.4 is 4.74 Å². The molecule has 1 aliphatic heterocycles. The quantitative estimate of drug-likeness (QED) is 0.527. The Morgan fingerprint density at radius 3 is 2.56 bits per heavy atom. The second-order valence-corrected chi connectivity index (χ2v) is 6.35. The van der Waals surface area contributed by atoms with Gasteiger partial charge in [0.05, 0.1) is 5.56 Å². The van der Waals surface area contributed by atoms with E-state index >= 15 is 0 Å². The third-order valence-corrected chi connectivity index (χ3v) is 4.45. The first-order valence-corrected chi connectivity index (χ1v) is 8.07. The monoisotopic (exact) mass is 332 g/mol. The summed E-state index contributed by atoms with van der Waals surface area (Å²) in [5.74, 6) is -0.648. The van der Waals surface area contributed by atoms with Crippen LogP contribution in [0.2, 0.25) is 0 Å². The number of esters is 2. The van der Waals surface area contributed by atoms with Gasteiger partial charge in [-0.3, -0.25) is 0 Å². The smallest absolute Gasteiger partial charge is 0.356 e. The predicted octanol–water partition coefficient (Wildman–Crippen LogP) is 3.92. The minimum absolute atomic E-state index is 0.293. The van der Waals surface area contributed by atoms with Crippen LogP contribution in [-0.2, 0) is 16.0 Å². The minimum Gasteiger partial charge on any atom is -0.443 e. The zero-order valence-corrected chi connectivity index (χ0v) is 13.7. The molecule has 0 saturated heterocycles. The Morgan fingerprint density at radius 1 is 1.00 bits per heavy atom. The average Bonchev–Trinajstić information content (AvgIpc) is 2.61. The molecule has 0 aliphatic carbocycles. The third kappa shape index (κ3) is 2.76. The lowest BCUT2D eigenvalue weighted by atomic mass is 9.90. The molecule has 0 saturated carbocycles. The standard InChI is InChI=1S/C21H16O4/c1-21(13-16-8-4-5-9-18(16)19(22)25-21)20(23)24-17-11-10-14-6-2-3-7-15(14)12-17/h2-12H,13H2,1H3. The van der Waals surface area contributed by atoms with Crippen molar-refractivity contribution in [3.8, 4) is 5.75 Å². The van der Waals surface area contributed by atoms with Crippen LogP contribution in [0, 0.1) is 0 Å². The van der Waals surface area contributed by atoms with Crippen molar-refractivity contribution in [2.24, 2.45) is 0 Å². The zero-order chi connectivity index (χ0) is 17.4. The molecule has 1 heterocycles. The van der Waals surface area contributed by atoms with Crippen LogP contribution in [-0.4, -0.2) is 17.5 Å². The third-order valence-electron chi connectivity index (χ3n) is 4.45. The number of ether oxygens (including phenoxy) is 2. The largest absolute Gasteiger partial charge is 0.443 e. The topological polar surface area (TPSA) is 52.6 Å². The lowest BCUT2D eigenvalue weighted by Gasteiger charge is -2.32. The molecule has 4 heteroatoms. The van der Waals surface area contributed by atoms with Crippen molar-refractivity contribution in [3.63, 3.8) is 0 Å². The van der Waals surface area contributed by atoms with Gasteiger partial charge in [0.25, 0.3) is 0 Å². The van der Waals surface area contributed by atoms with Gasteiger partial charge in [-0.05, 0) is 41.5 Å². The first-order valence-electron chi connectivity index (χ1n) is 8.07. The molecule has 0 amide bonds. The molecular formula is C21H16O4. The molecule has 0 radical (unpaired) electrons. The highest BCUT2D eigenvalue weighted by Gasteiger charge is 2.44. The molecule has 1 aliphatic rings. The van der Waals surface area contributed by atoms with Gasteiger partial charge in [0.1, 0.15) is 5.75 Å². The van der Waals surface area contributed by atoms with E-state index in [-0.39, 0.29) is 0 Å². The molecule has 0 fully saturated rings. The van der Waals surface area contributed by atoms with Crippen LogP contribution in [0.1, 0.15) is 22.8 Å². The summed E-state index contributed by atoms with van der Waals surface area (Å²) < 4.78 is 10.9. The van der Waals surface area contributed by atoms with Gasteiger partial charge in [-0.15, -0.1) is 0 Å². The number of cyclic esters (lactones) is 1. The SMILES string of the molecule is CC1(C(=O)Oc2ccc3ccccc3c2)Cc2ccccc2C(=O)O1. The number of fused-ring (bicyclic) bond motifs is 2. The summed E-state index contributed by atoms with van der Waals surface area (Å²) in [4.78, 5) is 24.9. The molecule has 1 atom stereocenters. The molecule has 124 valence electrons. The molecule has 4 rings (SSSR count). The lowest BCUT2D eigenvalue weighted by Crippen LogP contribution is -2.48. The second kappa shape index (κ2) is 5.74. The number of carbonyl (C=O) groups excluding carboxylic acids is 2. The normalized spacial score (nSPS) is 19.2. The van der Waals surface area contributed by atoms with Crippen molar-refractivity contribution in [3.05, 3.63) is 77.9 Å². The highest BCUT2D eigenvalue weighted by Crippen LogP contribution is 2.30. The van der Waals surface area contributed by atoms with Crippen LogP contribution in [0.15, 0.2) is 66.7 Å². The molecule has 0 aromatic heterocycles. The molecule has 3 aromatic carbocycles. The lowest BCUT2D eigenvalue weighted by molar-refractivity contribution is -0.154. The Bertz CT molecular complexity index is 992. The van der Waals surface area contributed by atoms with Crippen molar-refractivity contribution in [1.29, 1.82) is 0 Å². The Kier molecular flexibility index (Phi) is 3.53. The Morgan fingerprint density at radius 2 is 1.72 bits per heavy atom. The van der Waals surface area contributed by atoms with Gasteiger partial charge in [0.15, 0.2) is 0 Å². The first kappa shape index (κ1) is 15.4. The Labute approximate surface area is 145 Å². The van der Waals surface area contributed by atoms with Crippen molar-refractivity contribution in [2.45, 2.75) is 18.9 Å². The van der Waals surface area contributed by atoms with E-state index in [1.807, 2.05) is 42.5 Å². The molecule has 3 aromatic rings. The summed E-state index contributed by atoms with van der Waals surface area (Å²) >= 11 is 0. The van der Waals surface area contributed by atoms with Crippen molar-refractivity contribution < 1.29 is 19.1 Å². The predicted molar refractivity (Wildman–Crippen MR) is 93.5 cm³/mol. The van der Waals surface area contributed by atoms with Gasteiger partial charge in [-0.1, -0.05) is 48.5 Å². The van der Waals surface area contributed by atoms with Gasteiger partial charge in [0.2, 0.25) is 5.60 Å². The highest BCUT2D eigenvalue weighted by molar-refractivity contribution is 5.96. The summed E-state index contributed by atoms with van der Waals surface area (Å²) in [5.41, 5.74) is -0.0490. The molecular weight excluding hydrogens is 316 g/mol. The number of hydrogen-bond acceptors (Lipinski definition) is 4. The number of rotatable bonds is 2. The van der Waals surface area contributed by atoms with Crippen LogP contribution in [0.3, 0.4) is 0 Å². The maximum atomic E-state index is 12.7. The average molecular weight is 332 g/mol. The van der Waals surface area contributed by atoms with Gasteiger partial charge >= 0.3 is 11.9 Å². The fourth-order valence-corrected chi connectivity index (χ4v) is 3.09. The fourth-order valence-electron chi connectivity index (χ4n) is 3.09. The van der Waals surface area contributed by atoms with Crippen LogP contribution in [0.4, 0.5) is 0 Å². The summed E-state index contributed by atoms with van der Waals surface area (Å²) in [7, 11) is 0. The molecule has 4 nitrogen and oxygen atoms in total. The van der Waals surface area contributed by atoms with Gasteiger partial charge < -0.3 is 9.47 Å². The van der Waals surface area contributed by atoms with Crippen molar-refractivity contribution in [1.82, 2.24) is 0 Å². The maximum absolute atomic E-state index is 12.7. The van der Waals surface area contributed by atoms with E-state index in [0.717, 1.165) is 16.3 Å².